The average Bonchev–Trinajstić information content (AvgIpc) is 2.43. The van der Waals surface area contributed by atoms with Crippen molar-refractivity contribution in [1.29, 1.82) is 0 Å². The molecular formula is C12H19NO2. The van der Waals surface area contributed by atoms with Gasteiger partial charge >= 0.3 is 0 Å². The van der Waals surface area contributed by atoms with Crippen molar-refractivity contribution >= 4 is 11.7 Å². The maximum Gasteiger partial charge on any atom is 0.290 e. The molecule has 2 rings (SSSR count). The second-order valence-electron chi connectivity index (χ2n) is 4.94. The van der Waals surface area contributed by atoms with Gasteiger partial charge in [0.1, 0.15) is 0 Å². The minimum Gasteiger partial charge on any atom is -0.333 e. The number of nitrogens with zero attached hydrogens (tertiary/aromatic N) is 1. The van der Waals surface area contributed by atoms with Crippen molar-refractivity contribution in [2.24, 2.45) is 5.92 Å². The number of Topliss-reactive ketones (excluding diaryl/α,β-unsaturated/α-hetero) is 1. The van der Waals surface area contributed by atoms with Gasteiger partial charge in [-0.3, -0.25) is 9.59 Å². The molecule has 2 aliphatic rings. The fourth-order valence-electron chi connectivity index (χ4n) is 2.72. The van der Waals surface area contributed by atoms with E-state index in [4.69, 9.17) is 0 Å². The van der Waals surface area contributed by atoms with E-state index in [9.17, 15) is 9.59 Å². The van der Waals surface area contributed by atoms with Crippen LogP contribution < -0.4 is 0 Å². The second-order valence-corrected chi connectivity index (χ2v) is 4.94. The summed E-state index contributed by atoms with van der Waals surface area (Å²) >= 11 is 0. The molecule has 1 saturated carbocycles. The Kier molecular flexibility index (Phi) is 3.08. The summed E-state index contributed by atoms with van der Waals surface area (Å²) in [5, 5.41) is 0. The first-order valence-electron chi connectivity index (χ1n) is 6.02. The molecule has 1 saturated heterocycles. The van der Waals surface area contributed by atoms with Gasteiger partial charge in [0, 0.05) is 19.0 Å². The van der Waals surface area contributed by atoms with Gasteiger partial charge in [-0.25, -0.2) is 0 Å². The second kappa shape index (κ2) is 4.33. The molecule has 1 amide bonds. The maximum atomic E-state index is 11.6. The van der Waals surface area contributed by atoms with E-state index in [2.05, 4.69) is 6.92 Å². The van der Waals surface area contributed by atoms with Crippen LogP contribution >= 0.6 is 0 Å². The van der Waals surface area contributed by atoms with E-state index in [0.29, 0.717) is 19.0 Å². The van der Waals surface area contributed by atoms with Crippen LogP contribution in [-0.2, 0) is 9.59 Å². The summed E-state index contributed by atoms with van der Waals surface area (Å²) in [6, 6.07) is 0.342. The van der Waals surface area contributed by atoms with E-state index in [-0.39, 0.29) is 11.7 Å². The van der Waals surface area contributed by atoms with E-state index >= 15 is 0 Å². The predicted molar refractivity (Wildman–Crippen MR) is 57.4 cm³/mol. The van der Waals surface area contributed by atoms with Gasteiger partial charge in [-0.15, -0.1) is 0 Å². The summed E-state index contributed by atoms with van der Waals surface area (Å²) < 4.78 is 0. The van der Waals surface area contributed by atoms with Crippen LogP contribution in [0.3, 0.4) is 0 Å². The van der Waals surface area contributed by atoms with Crippen molar-refractivity contribution in [3.05, 3.63) is 0 Å². The molecule has 0 aromatic carbocycles. The number of hydrogen-bond acceptors (Lipinski definition) is 2. The van der Waals surface area contributed by atoms with Crippen LogP contribution in [0.15, 0.2) is 0 Å². The third-order valence-corrected chi connectivity index (χ3v) is 3.75. The van der Waals surface area contributed by atoms with Gasteiger partial charge in [0.25, 0.3) is 5.91 Å². The van der Waals surface area contributed by atoms with Crippen LogP contribution in [0.1, 0.15) is 45.4 Å². The molecule has 2 fully saturated rings. The molecule has 0 radical (unpaired) electrons. The standard InChI is InChI=1S/C12H19NO2/c1-9-3-2-4-10(6-5-9)13-8-7-11(14)12(13)15/h9-10H,2-8H2,1H3. The highest BCUT2D eigenvalue weighted by molar-refractivity contribution is 6.37. The molecule has 15 heavy (non-hydrogen) atoms. The lowest BCUT2D eigenvalue weighted by molar-refractivity contribution is -0.141. The topological polar surface area (TPSA) is 37.4 Å². The van der Waals surface area contributed by atoms with Crippen LogP contribution in [0, 0.1) is 5.92 Å². The largest absolute Gasteiger partial charge is 0.333 e. The lowest BCUT2D eigenvalue weighted by Crippen LogP contribution is -2.37. The van der Waals surface area contributed by atoms with Crippen LogP contribution in [0.25, 0.3) is 0 Å². The van der Waals surface area contributed by atoms with Crippen LogP contribution in [0.4, 0.5) is 0 Å². The molecule has 0 aromatic heterocycles. The third-order valence-electron chi connectivity index (χ3n) is 3.75. The molecule has 84 valence electrons. The Morgan fingerprint density at radius 2 is 1.93 bits per heavy atom. The van der Waals surface area contributed by atoms with Gasteiger partial charge in [-0.05, 0) is 25.2 Å². The summed E-state index contributed by atoms with van der Waals surface area (Å²) in [5.41, 5.74) is 0. The van der Waals surface area contributed by atoms with Gasteiger partial charge in [0.05, 0.1) is 0 Å². The summed E-state index contributed by atoms with van der Waals surface area (Å²) in [6.45, 7) is 2.94. The summed E-state index contributed by atoms with van der Waals surface area (Å²) in [7, 11) is 0. The zero-order valence-corrected chi connectivity index (χ0v) is 9.37. The lowest BCUT2D eigenvalue weighted by atomic mass is 10.0. The van der Waals surface area contributed by atoms with Gasteiger partial charge in [-0.1, -0.05) is 19.8 Å². The van der Waals surface area contributed by atoms with Crippen molar-refractivity contribution in [1.82, 2.24) is 4.90 Å². The van der Waals surface area contributed by atoms with E-state index in [1.54, 1.807) is 0 Å². The van der Waals surface area contributed by atoms with E-state index in [0.717, 1.165) is 18.8 Å². The zero-order chi connectivity index (χ0) is 10.8. The smallest absolute Gasteiger partial charge is 0.290 e. The highest BCUT2D eigenvalue weighted by atomic mass is 16.2. The van der Waals surface area contributed by atoms with Crippen molar-refractivity contribution in [2.75, 3.05) is 6.54 Å². The molecule has 1 aliphatic heterocycles. The fraction of sp³-hybridized carbons (Fsp3) is 0.833. The Balaban J connectivity index is 1.98. The van der Waals surface area contributed by atoms with Gasteiger partial charge in [-0.2, -0.15) is 0 Å². The quantitative estimate of drug-likeness (QED) is 0.487. The molecule has 1 aliphatic carbocycles. The molecule has 0 aromatic rings. The Morgan fingerprint density at radius 1 is 1.13 bits per heavy atom. The highest BCUT2D eigenvalue weighted by Crippen LogP contribution is 2.27. The van der Waals surface area contributed by atoms with Gasteiger partial charge in [0.15, 0.2) is 0 Å². The van der Waals surface area contributed by atoms with Crippen molar-refractivity contribution in [3.63, 3.8) is 0 Å². The first kappa shape index (κ1) is 10.7. The Labute approximate surface area is 90.8 Å². The number of rotatable bonds is 1. The Bertz CT molecular complexity index is 275. The van der Waals surface area contributed by atoms with E-state index in [1.165, 1.54) is 19.3 Å². The van der Waals surface area contributed by atoms with Crippen LogP contribution in [0.5, 0.6) is 0 Å². The fourth-order valence-corrected chi connectivity index (χ4v) is 2.72. The molecule has 3 nitrogen and oxygen atoms in total. The molecule has 2 atom stereocenters. The van der Waals surface area contributed by atoms with E-state index in [1.807, 2.05) is 4.90 Å². The van der Waals surface area contributed by atoms with Gasteiger partial charge in [0.2, 0.25) is 5.78 Å². The number of carbonyl (C=O) groups excluding carboxylic acids is 2. The van der Waals surface area contributed by atoms with E-state index < -0.39 is 0 Å². The molecule has 0 N–H and O–H groups in total. The molecule has 0 bridgehead atoms. The number of ketones is 1. The highest BCUT2D eigenvalue weighted by Gasteiger charge is 2.34. The maximum absolute atomic E-state index is 11.6. The molecule has 2 unspecified atom stereocenters. The summed E-state index contributed by atoms with van der Waals surface area (Å²) in [4.78, 5) is 24.6. The lowest BCUT2D eigenvalue weighted by Gasteiger charge is -2.25. The van der Waals surface area contributed by atoms with Crippen molar-refractivity contribution in [2.45, 2.75) is 51.5 Å². The SMILES string of the molecule is CC1CCCC(N2CCC(=O)C2=O)CC1. The Hall–Kier alpha value is -0.860. The molecule has 3 heteroatoms. The molecular weight excluding hydrogens is 190 g/mol. The van der Waals surface area contributed by atoms with Crippen molar-refractivity contribution < 1.29 is 9.59 Å². The predicted octanol–water partition coefficient (Wildman–Crippen LogP) is 1.76. The van der Waals surface area contributed by atoms with Crippen LogP contribution in [-0.4, -0.2) is 29.2 Å². The van der Waals surface area contributed by atoms with Crippen molar-refractivity contribution in [3.8, 4) is 0 Å². The summed E-state index contributed by atoms with van der Waals surface area (Å²) in [6.07, 6.45) is 6.27. The average molecular weight is 209 g/mol. The minimum atomic E-state index is -0.227. The first-order chi connectivity index (χ1) is 7.18. The molecule has 1 heterocycles. The number of likely N-dealkylation sites (tertiary alicyclic amines) is 1. The number of carbonyl (C=O) groups is 2. The normalized spacial score (nSPS) is 33.3. The monoisotopic (exact) mass is 209 g/mol. The third kappa shape index (κ3) is 2.21. The first-order valence-corrected chi connectivity index (χ1v) is 6.02. The number of amides is 1. The van der Waals surface area contributed by atoms with Gasteiger partial charge < -0.3 is 4.90 Å². The summed E-state index contributed by atoms with van der Waals surface area (Å²) in [5.74, 6) is 0.366. The van der Waals surface area contributed by atoms with Crippen LogP contribution in [0.2, 0.25) is 0 Å². The Morgan fingerprint density at radius 3 is 2.60 bits per heavy atom. The molecule has 0 spiro atoms. The minimum absolute atomic E-state index is 0.188. The number of hydrogen-bond donors (Lipinski definition) is 0. The zero-order valence-electron chi connectivity index (χ0n) is 9.37.